The van der Waals surface area contributed by atoms with E-state index in [-0.39, 0.29) is 31.2 Å². The highest BCUT2D eigenvalue weighted by Crippen LogP contribution is 2.17. The second-order valence-corrected chi connectivity index (χ2v) is 9.07. The fraction of sp³-hybridized carbons (Fsp3) is 0.773. The Labute approximate surface area is 205 Å². The number of rotatable bonds is 15. The van der Waals surface area contributed by atoms with Crippen LogP contribution in [0.15, 0.2) is 0 Å². The summed E-state index contributed by atoms with van der Waals surface area (Å²) in [6.07, 6.45) is 2.52. The average Bonchev–Trinajstić information content (AvgIpc) is 3.30. The van der Waals surface area contributed by atoms with Crippen molar-refractivity contribution in [3.63, 3.8) is 0 Å². The lowest BCUT2D eigenvalue weighted by Crippen LogP contribution is -2.58. The van der Waals surface area contributed by atoms with Crippen LogP contribution in [0.4, 0.5) is 0 Å². The largest absolute Gasteiger partial charge is 0.480 e. The first-order valence-electron chi connectivity index (χ1n) is 12.0. The molecule has 200 valence electrons. The van der Waals surface area contributed by atoms with Gasteiger partial charge < -0.3 is 42.5 Å². The molecule has 0 aromatic rings. The molecule has 4 amide bonds. The van der Waals surface area contributed by atoms with Crippen LogP contribution in [0.5, 0.6) is 0 Å². The van der Waals surface area contributed by atoms with Gasteiger partial charge in [-0.25, -0.2) is 4.79 Å². The Kier molecular flexibility index (Phi) is 13.2. The second-order valence-electron chi connectivity index (χ2n) is 9.07. The van der Waals surface area contributed by atoms with Crippen LogP contribution in [0.25, 0.3) is 0 Å². The maximum atomic E-state index is 12.8. The van der Waals surface area contributed by atoms with Gasteiger partial charge in [0.05, 0.1) is 13.2 Å². The third kappa shape index (κ3) is 9.78. The Bertz CT molecular complexity index is 748. The normalized spacial score (nSPS) is 18.0. The van der Waals surface area contributed by atoms with E-state index in [1.165, 1.54) is 4.90 Å². The molecule has 1 heterocycles. The molecule has 0 aliphatic carbocycles. The molecule has 1 aliphatic heterocycles. The molecule has 0 spiro atoms. The van der Waals surface area contributed by atoms with Crippen LogP contribution in [0.2, 0.25) is 0 Å². The molecule has 1 fully saturated rings. The molecule has 0 saturated carbocycles. The van der Waals surface area contributed by atoms with E-state index in [1.807, 2.05) is 13.8 Å². The molecule has 0 unspecified atom stereocenters. The van der Waals surface area contributed by atoms with Crippen LogP contribution in [0.3, 0.4) is 0 Å². The molecule has 35 heavy (non-hydrogen) atoms. The smallest absolute Gasteiger partial charge is 0.326 e. The number of hydrogen-bond acceptors (Lipinski definition) is 8. The van der Waals surface area contributed by atoms with Crippen molar-refractivity contribution in [1.29, 1.82) is 0 Å². The summed E-state index contributed by atoms with van der Waals surface area (Å²) in [5.41, 5.74) is 10.8. The van der Waals surface area contributed by atoms with Crippen LogP contribution in [-0.2, 0) is 24.0 Å². The van der Waals surface area contributed by atoms with E-state index in [1.54, 1.807) is 0 Å². The topological polar surface area (TPSA) is 217 Å². The number of nitrogens with one attached hydrogen (secondary N) is 3. The van der Waals surface area contributed by atoms with Gasteiger partial charge in [-0.05, 0) is 51.0 Å². The number of aliphatic hydroxyl groups is 1. The average molecular weight is 501 g/mol. The highest BCUT2D eigenvalue weighted by molar-refractivity contribution is 5.95. The summed E-state index contributed by atoms with van der Waals surface area (Å²) in [6.45, 7) is 3.45. The van der Waals surface area contributed by atoms with Gasteiger partial charge in [-0.1, -0.05) is 13.8 Å². The maximum absolute atomic E-state index is 12.8. The van der Waals surface area contributed by atoms with Gasteiger partial charge in [0.2, 0.25) is 23.6 Å². The molecule has 13 heteroatoms. The number of unbranched alkanes of at least 4 members (excludes halogenated alkanes) is 1. The van der Waals surface area contributed by atoms with Crippen molar-refractivity contribution >= 4 is 29.6 Å². The minimum Gasteiger partial charge on any atom is -0.480 e. The van der Waals surface area contributed by atoms with Crippen LogP contribution in [-0.4, -0.2) is 95.1 Å². The van der Waals surface area contributed by atoms with Gasteiger partial charge in [0.1, 0.15) is 24.2 Å². The van der Waals surface area contributed by atoms with Crippen LogP contribution < -0.4 is 27.4 Å². The number of amides is 4. The number of carboxylic acids is 1. The van der Waals surface area contributed by atoms with Gasteiger partial charge in [-0.3, -0.25) is 19.2 Å². The summed E-state index contributed by atoms with van der Waals surface area (Å²) in [5, 5.41) is 26.5. The molecule has 0 aromatic heterocycles. The van der Waals surface area contributed by atoms with Crippen LogP contribution >= 0.6 is 0 Å². The number of carbonyl (C=O) groups excluding carboxylic acids is 4. The van der Waals surface area contributed by atoms with Gasteiger partial charge in [-0.15, -0.1) is 0 Å². The molecule has 4 atom stereocenters. The second kappa shape index (κ2) is 15.3. The number of carboxylic acid groups (broad SMARTS) is 1. The Morgan fingerprint density at radius 2 is 1.60 bits per heavy atom. The van der Waals surface area contributed by atoms with Gasteiger partial charge in [0, 0.05) is 6.54 Å². The molecule has 9 N–H and O–H groups in total. The molecule has 1 rings (SSSR count). The van der Waals surface area contributed by atoms with Gasteiger partial charge in [-0.2, -0.15) is 0 Å². The molecular weight excluding hydrogens is 460 g/mol. The third-order valence-corrected chi connectivity index (χ3v) is 5.77. The van der Waals surface area contributed by atoms with E-state index in [2.05, 4.69) is 16.0 Å². The van der Waals surface area contributed by atoms with E-state index in [0.29, 0.717) is 38.8 Å². The minimum atomic E-state index is -1.36. The Morgan fingerprint density at radius 3 is 2.14 bits per heavy atom. The maximum Gasteiger partial charge on any atom is 0.326 e. The molecule has 1 aliphatic rings. The van der Waals surface area contributed by atoms with Crippen LogP contribution in [0.1, 0.15) is 52.4 Å². The number of carbonyl (C=O) groups is 5. The first-order valence-corrected chi connectivity index (χ1v) is 12.0. The first kappa shape index (κ1) is 30.3. The highest BCUT2D eigenvalue weighted by atomic mass is 16.4. The van der Waals surface area contributed by atoms with Crippen LogP contribution in [0, 0.1) is 5.92 Å². The summed E-state index contributed by atoms with van der Waals surface area (Å²) in [6, 6.07) is -4.37. The zero-order chi connectivity index (χ0) is 26.5. The van der Waals surface area contributed by atoms with Crippen molar-refractivity contribution in [2.24, 2.45) is 17.4 Å². The Morgan fingerprint density at radius 1 is 0.971 bits per heavy atom. The Hall–Kier alpha value is -2.77. The van der Waals surface area contributed by atoms with Gasteiger partial charge in [0.25, 0.3) is 0 Å². The Balaban J connectivity index is 2.86. The van der Waals surface area contributed by atoms with E-state index in [9.17, 15) is 34.2 Å². The van der Waals surface area contributed by atoms with Crippen molar-refractivity contribution in [2.75, 3.05) is 26.2 Å². The lowest BCUT2D eigenvalue weighted by Gasteiger charge is -2.27. The number of nitrogens with zero attached hydrogens (tertiary/aromatic N) is 1. The fourth-order valence-electron chi connectivity index (χ4n) is 3.91. The van der Waals surface area contributed by atoms with E-state index in [4.69, 9.17) is 11.5 Å². The highest BCUT2D eigenvalue weighted by Gasteiger charge is 2.36. The molecule has 1 saturated heterocycles. The standard InChI is InChI=1S/C22H40N6O7/c1-13(2)10-15(19(31)25-14(22(34)35)6-3-4-8-23)26-20(32)16(12-29)27-21(33)17-7-5-9-28(17)18(30)11-24/h13-17,29H,3-12,23-24H2,1-2H3,(H,25,31)(H,26,32)(H,27,33)(H,34,35)/t14-,15-,16-,17-/m0/s1. The third-order valence-electron chi connectivity index (χ3n) is 5.77. The monoisotopic (exact) mass is 500 g/mol. The van der Waals surface area contributed by atoms with Crippen molar-refractivity contribution in [3.8, 4) is 0 Å². The zero-order valence-corrected chi connectivity index (χ0v) is 20.5. The molecular formula is C22H40N6O7. The quantitative estimate of drug-likeness (QED) is 0.119. The van der Waals surface area contributed by atoms with Crippen molar-refractivity contribution in [1.82, 2.24) is 20.9 Å². The van der Waals surface area contributed by atoms with E-state index < -0.39 is 54.5 Å². The predicted molar refractivity (Wildman–Crippen MR) is 127 cm³/mol. The van der Waals surface area contributed by atoms with Gasteiger partial charge in [0.15, 0.2) is 0 Å². The minimum absolute atomic E-state index is 0.0249. The summed E-state index contributed by atoms with van der Waals surface area (Å²) >= 11 is 0. The summed E-state index contributed by atoms with van der Waals surface area (Å²) in [5.74, 6) is -3.69. The van der Waals surface area contributed by atoms with Gasteiger partial charge >= 0.3 is 5.97 Å². The number of aliphatic carboxylic acids is 1. The first-order chi connectivity index (χ1) is 16.5. The fourth-order valence-corrected chi connectivity index (χ4v) is 3.91. The summed E-state index contributed by atoms with van der Waals surface area (Å²) < 4.78 is 0. The van der Waals surface area contributed by atoms with E-state index >= 15 is 0 Å². The number of likely N-dealkylation sites (tertiary alicyclic amines) is 1. The number of hydrogen-bond donors (Lipinski definition) is 7. The van der Waals surface area contributed by atoms with Crippen molar-refractivity contribution in [3.05, 3.63) is 0 Å². The predicted octanol–water partition coefficient (Wildman–Crippen LogP) is -2.36. The zero-order valence-electron chi connectivity index (χ0n) is 20.5. The molecule has 0 bridgehead atoms. The molecule has 13 nitrogen and oxygen atoms in total. The number of aliphatic hydroxyl groups excluding tert-OH is 1. The summed E-state index contributed by atoms with van der Waals surface area (Å²) in [7, 11) is 0. The summed E-state index contributed by atoms with van der Waals surface area (Å²) in [4.78, 5) is 63.2. The molecule has 0 radical (unpaired) electrons. The molecule has 0 aromatic carbocycles. The van der Waals surface area contributed by atoms with E-state index in [0.717, 1.165) is 0 Å². The van der Waals surface area contributed by atoms with Crippen molar-refractivity contribution < 1.29 is 34.2 Å². The number of nitrogens with two attached hydrogens (primary N) is 2. The SMILES string of the molecule is CC(C)C[C@H](NC(=O)[C@H](CO)NC(=O)[C@@H]1CCCN1C(=O)CN)C(=O)N[C@@H](CCCCN)C(=O)O. The lowest BCUT2D eigenvalue weighted by molar-refractivity contribution is -0.142. The lowest BCUT2D eigenvalue weighted by atomic mass is 10.0. The van der Waals surface area contributed by atoms with Crippen molar-refractivity contribution in [2.45, 2.75) is 76.5 Å².